The zero-order valence-electron chi connectivity index (χ0n) is 29.1. The number of ether oxygens (including phenoxy) is 3. The summed E-state index contributed by atoms with van der Waals surface area (Å²) in [6.45, 7) is 5.30. The number of rotatable bonds is 8. The molecular weight excluding hydrogens is 667 g/mol. The molecule has 6 rings (SSSR count). The van der Waals surface area contributed by atoms with Crippen LogP contribution in [0.4, 0.5) is 4.39 Å². The maximum atomic E-state index is 14.7. The van der Waals surface area contributed by atoms with Gasteiger partial charge in [0.2, 0.25) is 27.7 Å². The predicted octanol–water partition coefficient (Wildman–Crippen LogP) is 4.33. The third kappa shape index (κ3) is 7.05. The summed E-state index contributed by atoms with van der Waals surface area (Å²) < 4.78 is 59.8. The van der Waals surface area contributed by atoms with E-state index in [4.69, 9.17) is 19.9 Å². The molecule has 2 aliphatic carbocycles. The van der Waals surface area contributed by atoms with Crippen LogP contribution in [0.25, 0.3) is 10.9 Å². The number of carbonyl (C=O) groups excluding carboxylic acids is 3. The number of benzene rings is 1. The van der Waals surface area contributed by atoms with Crippen molar-refractivity contribution < 1.29 is 41.4 Å². The molecule has 14 heteroatoms. The summed E-state index contributed by atoms with van der Waals surface area (Å²) >= 11 is 0. The highest BCUT2D eigenvalue weighted by atomic mass is 32.2. The number of amides is 2. The number of allylic oxidation sites excluding steroid dienone is 2. The van der Waals surface area contributed by atoms with E-state index in [0.29, 0.717) is 36.8 Å². The fourth-order valence-corrected chi connectivity index (χ4v) is 8.48. The molecule has 2 aromatic rings. The summed E-state index contributed by atoms with van der Waals surface area (Å²) in [5, 5.41) is 0.451. The van der Waals surface area contributed by atoms with E-state index in [2.05, 4.69) is 9.71 Å². The lowest BCUT2D eigenvalue weighted by molar-refractivity contribution is -0.140. The van der Waals surface area contributed by atoms with E-state index in [1.54, 1.807) is 13.0 Å². The topological polar surface area (TPSA) is 167 Å². The molecule has 2 aliphatic heterocycles. The average molecular weight is 715 g/mol. The minimum absolute atomic E-state index is 0.0424. The van der Waals surface area contributed by atoms with Gasteiger partial charge < -0.3 is 24.8 Å². The number of hydrogen-bond donors (Lipinski definition) is 2. The van der Waals surface area contributed by atoms with Crippen LogP contribution in [0.3, 0.4) is 0 Å². The first kappa shape index (κ1) is 36.0. The van der Waals surface area contributed by atoms with Crippen molar-refractivity contribution in [3.63, 3.8) is 0 Å². The number of hydrogen-bond acceptors (Lipinski definition) is 10. The maximum Gasteiger partial charge on any atom is 0.240 e. The molecule has 12 nitrogen and oxygen atoms in total. The summed E-state index contributed by atoms with van der Waals surface area (Å²) in [5.41, 5.74) is 5.36. The summed E-state index contributed by atoms with van der Waals surface area (Å²) in [6, 6.07) is 2.57. The number of nitrogens with one attached hydrogen (secondary N) is 1. The first-order chi connectivity index (χ1) is 23.7. The summed E-state index contributed by atoms with van der Waals surface area (Å²) in [7, 11) is -2.59. The molecule has 0 spiro atoms. The van der Waals surface area contributed by atoms with Gasteiger partial charge in [-0.15, -0.1) is 0 Å². The molecule has 5 atom stereocenters. The molecule has 3 heterocycles. The van der Waals surface area contributed by atoms with Crippen LogP contribution < -0.4 is 24.7 Å². The first-order valence-corrected chi connectivity index (χ1v) is 19.0. The fourth-order valence-electron chi connectivity index (χ4n) is 7.14. The molecule has 3 fully saturated rings. The Morgan fingerprint density at radius 1 is 1.18 bits per heavy atom. The minimum atomic E-state index is -3.93. The average Bonchev–Trinajstić information content (AvgIpc) is 3.93. The van der Waals surface area contributed by atoms with E-state index < -0.39 is 50.1 Å². The second-order valence-corrected chi connectivity index (χ2v) is 16.9. The number of ketones is 1. The van der Waals surface area contributed by atoms with Crippen molar-refractivity contribution in [2.45, 2.75) is 114 Å². The van der Waals surface area contributed by atoms with Gasteiger partial charge in [0.15, 0.2) is 17.3 Å². The smallest absolute Gasteiger partial charge is 0.240 e. The molecule has 3 N–H and O–H groups in total. The van der Waals surface area contributed by atoms with Gasteiger partial charge in [-0.3, -0.25) is 19.1 Å². The first-order valence-electron chi connectivity index (χ1n) is 17.5. The second kappa shape index (κ2) is 13.7. The fraction of sp³-hybridized carbons (Fsp3) is 0.611. The van der Waals surface area contributed by atoms with Crippen LogP contribution in [0.1, 0.15) is 85.0 Å². The molecule has 272 valence electrons. The van der Waals surface area contributed by atoms with Gasteiger partial charge in [0.25, 0.3) is 0 Å². The van der Waals surface area contributed by atoms with Gasteiger partial charge in [0.05, 0.1) is 42.0 Å². The van der Waals surface area contributed by atoms with Gasteiger partial charge in [-0.2, -0.15) is 0 Å². The number of fused-ring (bicyclic) bond motifs is 3. The van der Waals surface area contributed by atoms with E-state index in [-0.39, 0.29) is 60.2 Å². The van der Waals surface area contributed by atoms with Crippen LogP contribution in [0.15, 0.2) is 30.4 Å². The van der Waals surface area contributed by atoms with E-state index in [0.717, 1.165) is 25.7 Å². The minimum Gasteiger partial charge on any atom is -0.491 e. The largest absolute Gasteiger partial charge is 0.491 e. The molecule has 50 heavy (non-hydrogen) atoms. The Labute approximate surface area is 292 Å². The molecule has 2 saturated carbocycles. The summed E-state index contributed by atoms with van der Waals surface area (Å²) in [5.74, 6) is -1.93. The number of Topliss-reactive ketones (excluding diaryl/α,β-unsaturated/α-hetero) is 1. The number of sulfonamides is 1. The number of nitrogens with zero attached hydrogens (tertiary/aromatic N) is 2. The molecule has 0 radical (unpaired) electrons. The Morgan fingerprint density at radius 2 is 1.94 bits per heavy atom. The Kier molecular flexibility index (Phi) is 9.90. The van der Waals surface area contributed by atoms with Crippen molar-refractivity contribution in [2.75, 3.05) is 13.7 Å². The highest BCUT2D eigenvalue weighted by Crippen LogP contribution is 2.57. The summed E-state index contributed by atoms with van der Waals surface area (Å²) in [4.78, 5) is 47.8. The van der Waals surface area contributed by atoms with Gasteiger partial charge in [0, 0.05) is 24.3 Å². The highest BCUT2D eigenvalue weighted by molar-refractivity contribution is 7.91. The normalized spacial score (nSPS) is 29.0. The van der Waals surface area contributed by atoms with Crippen LogP contribution in [-0.2, 0) is 24.4 Å². The Hall–Kier alpha value is -3.78. The van der Waals surface area contributed by atoms with E-state index in [1.807, 2.05) is 26.0 Å². The van der Waals surface area contributed by atoms with Gasteiger partial charge >= 0.3 is 0 Å². The number of methoxy groups -OCH3 is 1. The zero-order valence-corrected chi connectivity index (χ0v) is 29.9. The lowest BCUT2D eigenvalue weighted by Gasteiger charge is -2.27. The van der Waals surface area contributed by atoms with Crippen molar-refractivity contribution in [1.82, 2.24) is 14.6 Å². The lowest BCUT2D eigenvalue weighted by atomic mass is 9.91. The van der Waals surface area contributed by atoms with Crippen molar-refractivity contribution in [3.05, 3.63) is 36.2 Å². The lowest BCUT2D eigenvalue weighted by Crippen LogP contribution is -2.50. The predicted molar refractivity (Wildman–Crippen MR) is 184 cm³/mol. The zero-order chi connectivity index (χ0) is 36.0. The quantitative estimate of drug-likeness (QED) is 0.376. The van der Waals surface area contributed by atoms with Crippen molar-refractivity contribution >= 4 is 38.5 Å². The van der Waals surface area contributed by atoms with Gasteiger partial charge in [-0.25, -0.2) is 17.8 Å². The Balaban J connectivity index is 1.31. The summed E-state index contributed by atoms with van der Waals surface area (Å²) in [6.07, 6.45) is 7.79. The molecule has 1 aromatic carbocycles. The van der Waals surface area contributed by atoms with Crippen LogP contribution in [0.2, 0.25) is 0 Å². The molecule has 1 saturated heterocycles. The van der Waals surface area contributed by atoms with Crippen LogP contribution in [0, 0.1) is 17.2 Å². The van der Waals surface area contributed by atoms with Gasteiger partial charge in [0.1, 0.15) is 17.4 Å². The monoisotopic (exact) mass is 714 g/mol. The van der Waals surface area contributed by atoms with Gasteiger partial charge in [-0.05, 0) is 77.3 Å². The van der Waals surface area contributed by atoms with E-state index in [9.17, 15) is 27.2 Å². The van der Waals surface area contributed by atoms with Crippen LogP contribution in [-0.4, -0.2) is 78.6 Å². The second-order valence-electron chi connectivity index (χ2n) is 14.8. The number of nitrogens with two attached hydrogens (primary N) is 1. The maximum absolute atomic E-state index is 14.7. The Bertz CT molecular complexity index is 1810. The molecule has 0 bridgehead atoms. The van der Waals surface area contributed by atoms with E-state index in [1.165, 1.54) is 24.1 Å². The molecule has 4 aliphatic rings. The van der Waals surface area contributed by atoms with Crippen LogP contribution in [0.5, 0.6) is 17.4 Å². The number of aromatic nitrogens is 1. The Morgan fingerprint density at radius 3 is 2.64 bits per heavy atom. The van der Waals surface area contributed by atoms with Gasteiger partial charge in [-0.1, -0.05) is 25.0 Å². The van der Waals surface area contributed by atoms with E-state index >= 15 is 0 Å². The number of carbonyl (C=O) groups is 3. The van der Waals surface area contributed by atoms with Crippen molar-refractivity contribution in [2.24, 2.45) is 17.1 Å². The molecule has 0 unspecified atom stereocenters. The number of pyridine rings is 1. The van der Waals surface area contributed by atoms with Crippen molar-refractivity contribution in [3.8, 4) is 17.4 Å². The third-order valence-electron chi connectivity index (χ3n) is 10.6. The SMILES string of the molecule is COc1c(F)ccc2c(O[C@@H]3C[C@H]4C(=O)C[C@]5(C(=O)NS(=O)(=O)C6(C)CC6)C[C@@H]5/C=C\CCCCC[C@H](N)C(=O)N4C3)cc(OC(C)C)nc12. The van der Waals surface area contributed by atoms with Crippen molar-refractivity contribution in [1.29, 1.82) is 0 Å². The number of halogens is 1. The standard InChI is InChI=1S/C36H47FN4O8S/c1-21(2)48-30-17-29(24-12-13-25(37)32(47-4)31(24)39-30)49-23-16-27-28(42)19-36(34(44)40-50(45,46)35(3)14-15-35)18-22(36)10-8-6-5-7-9-11-26(38)33(43)41(27)20-23/h8,10,12-13,17,21-23,26-27H,5-7,9,11,14-16,18-20,38H2,1-4H3,(H,40,44)/b10-8-/t22-,23+,26-,27-,36+/m0/s1. The van der Waals surface area contributed by atoms with Crippen LogP contribution >= 0.6 is 0 Å². The highest BCUT2D eigenvalue weighted by Gasteiger charge is 2.62. The molecular formula is C36H47FN4O8S. The third-order valence-corrected chi connectivity index (χ3v) is 12.7. The molecule has 1 aromatic heterocycles. The molecule has 2 amide bonds.